The Hall–Kier alpha value is -2.40. The molecule has 0 saturated heterocycles. The zero-order valence-electron chi connectivity index (χ0n) is 13.9. The summed E-state index contributed by atoms with van der Waals surface area (Å²) in [6, 6.07) is 12.9. The van der Waals surface area contributed by atoms with Crippen LogP contribution in [0.2, 0.25) is 0 Å². The molecule has 0 saturated carbocycles. The first-order chi connectivity index (χ1) is 11.1. The predicted molar refractivity (Wildman–Crippen MR) is 94.7 cm³/mol. The molecule has 3 rings (SSSR count). The highest BCUT2D eigenvalue weighted by Gasteiger charge is 2.10. The first-order valence-electron chi connectivity index (χ1n) is 7.89. The van der Waals surface area contributed by atoms with Gasteiger partial charge in [-0.2, -0.15) is 0 Å². The summed E-state index contributed by atoms with van der Waals surface area (Å²) < 4.78 is 2.16. The van der Waals surface area contributed by atoms with Gasteiger partial charge in [0.05, 0.1) is 11.8 Å². The minimum Gasteiger partial charge on any atom is -0.367 e. The van der Waals surface area contributed by atoms with Crippen LogP contribution in [-0.4, -0.2) is 46.1 Å². The van der Waals surface area contributed by atoms with Crippen LogP contribution in [0.4, 0.5) is 5.82 Å². The molecule has 5 heteroatoms. The van der Waals surface area contributed by atoms with Crippen LogP contribution in [0.15, 0.2) is 48.9 Å². The van der Waals surface area contributed by atoms with E-state index < -0.39 is 0 Å². The lowest BCUT2D eigenvalue weighted by Gasteiger charge is -2.20. The average molecular weight is 309 g/mol. The first kappa shape index (κ1) is 15.5. The third-order valence-corrected chi connectivity index (χ3v) is 4.18. The van der Waals surface area contributed by atoms with Gasteiger partial charge in [0, 0.05) is 25.3 Å². The van der Waals surface area contributed by atoms with Gasteiger partial charge in [-0.3, -0.25) is 0 Å². The van der Waals surface area contributed by atoms with Gasteiger partial charge in [-0.15, -0.1) is 0 Å². The molecule has 0 radical (unpaired) electrons. The molecule has 2 aromatic heterocycles. The van der Waals surface area contributed by atoms with Gasteiger partial charge >= 0.3 is 0 Å². The summed E-state index contributed by atoms with van der Waals surface area (Å²) in [7, 11) is 4.16. The highest BCUT2D eigenvalue weighted by Crippen LogP contribution is 2.20. The Morgan fingerprint density at radius 1 is 1.13 bits per heavy atom. The van der Waals surface area contributed by atoms with Crippen molar-refractivity contribution in [3.05, 3.63) is 54.5 Å². The minimum atomic E-state index is 0.429. The highest BCUT2D eigenvalue weighted by molar-refractivity contribution is 5.85. The maximum atomic E-state index is 4.56. The van der Waals surface area contributed by atoms with Crippen LogP contribution in [0.3, 0.4) is 0 Å². The second-order valence-corrected chi connectivity index (χ2v) is 6.08. The monoisotopic (exact) mass is 309 g/mol. The van der Waals surface area contributed by atoms with Crippen molar-refractivity contribution in [2.75, 3.05) is 26.0 Å². The summed E-state index contributed by atoms with van der Waals surface area (Å²) in [5.74, 6) is 0.850. The van der Waals surface area contributed by atoms with E-state index in [4.69, 9.17) is 0 Å². The fourth-order valence-electron chi connectivity index (χ4n) is 2.45. The summed E-state index contributed by atoms with van der Waals surface area (Å²) in [5, 5.41) is 3.42. The molecule has 2 heterocycles. The number of rotatable bonds is 6. The molecular formula is C18H23N5. The van der Waals surface area contributed by atoms with E-state index in [0.29, 0.717) is 6.04 Å². The van der Waals surface area contributed by atoms with Crippen LogP contribution in [0.25, 0.3) is 11.0 Å². The molecule has 0 bridgehead atoms. The van der Waals surface area contributed by atoms with Gasteiger partial charge in [-0.05, 0) is 32.6 Å². The Balaban J connectivity index is 1.82. The smallest absolute Gasteiger partial charge is 0.154 e. The molecule has 1 unspecified atom stereocenters. The van der Waals surface area contributed by atoms with Crippen LogP contribution in [-0.2, 0) is 6.54 Å². The van der Waals surface area contributed by atoms with E-state index in [1.165, 1.54) is 5.56 Å². The number of pyridine rings is 1. The fraction of sp³-hybridized carbons (Fsp3) is 0.333. The number of anilines is 1. The average Bonchev–Trinajstić information content (AvgIpc) is 2.97. The van der Waals surface area contributed by atoms with Gasteiger partial charge < -0.3 is 14.8 Å². The Bertz CT molecular complexity index is 763. The van der Waals surface area contributed by atoms with Crippen molar-refractivity contribution in [3.8, 4) is 0 Å². The number of hydrogen-bond acceptors (Lipinski definition) is 4. The standard InChI is InChI=1S/C18H23N5/c1-14(22(2)3)11-20-18-17-16(9-10-19-18)23(13-21-17)12-15-7-5-4-6-8-15/h4-10,13-14H,11-12H2,1-3H3,(H,19,20). The number of imidazole rings is 1. The van der Waals surface area contributed by atoms with Crippen LogP contribution in [0.1, 0.15) is 12.5 Å². The van der Waals surface area contributed by atoms with Gasteiger partial charge in [0.2, 0.25) is 0 Å². The maximum Gasteiger partial charge on any atom is 0.154 e. The predicted octanol–water partition coefficient (Wildman–Crippen LogP) is 2.84. The molecule has 1 aromatic carbocycles. The number of hydrogen-bond donors (Lipinski definition) is 1. The molecule has 120 valence electrons. The Kier molecular flexibility index (Phi) is 4.57. The van der Waals surface area contributed by atoms with Gasteiger partial charge in [-0.25, -0.2) is 9.97 Å². The van der Waals surface area contributed by atoms with E-state index in [0.717, 1.165) is 29.9 Å². The summed E-state index contributed by atoms with van der Waals surface area (Å²) in [6.45, 7) is 3.83. The third kappa shape index (κ3) is 3.51. The molecule has 5 nitrogen and oxygen atoms in total. The molecule has 0 aliphatic heterocycles. The molecule has 0 aliphatic carbocycles. The number of aromatic nitrogens is 3. The first-order valence-corrected chi connectivity index (χ1v) is 7.89. The van der Waals surface area contributed by atoms with Crippen LogP contribution < -0.4 is 5.32 Å². The third-order valence-electron chi connectivity index (χ3n) is 4.18. The molecule has 0 amide bonds. The second-order valence-electron chi connectivity index (χ2n) is 6.08. The largest absolute Gasteiger partial charge is 0.367 e. The number of benzene rings is 1. The van der Waals surface area contributed by atoms with E-state index in [2.05, 4.69) is 70.0 Å². The fourth-order valence-corrected chi connectivity index (χ4v) is 2.45. The normalized spacial score (nSPS) is 12.7. The number of fused-ring (bicyclic) bond motifs is 1. The van der Waals surface area contributed by atoms with Crippen molar-refractivity contribution in [2.45, 2.75) is 19.5 Å². The SMILES string of the molecule is CC(CNc1nccc2c1ncn2Cc1ccccc1)N(C)C. The zero-order chi connectivity index (χ0) is 16.2. The van der Waals surface area contributed by atoms with Crippen molar-refractivity contribution in [2.24, 2.45) is 0 Å². The van der Waals surface area contributed by atoms with Crippen molar-refractivity contribution in [3.63, 3.8) is 0 Å². The van der Waals surface area contributed by atoms with Gasteiger partial charge in [0.15, 0.2) is 5.82 Å². The number of nitrogens with zero attached hydrogens (tertiary/aromatic N) is 4. The van der Waals surface area contributed by atoms with Crippen molar-refractivity contribution >= 4 is 16.9 Å². The van der Waals surface area contributed by atoms with Gasteiger partial charge in [-0.1, -0.05) is 30.3 Å². The molecule has 1 N–H and O–H groups in total. The zero-order valence-corrected chi connectivity index (χ0v) is 13.9. The van der Waals surface area contributed by atoms with Crippen LogP contribution in [0, 0.1) is 0 Å². The van der Waals surface area contributed by atoms with Gasteiger partial charge in [0.1, 0.15) is 5.52 Å². The Morgan fingerprint density at radius 3 is 2.65 bits per heavy atom. The van der Waals surface area contributed by atoms with Crippen LogP contribution >= 0.6 is 0 Å². The second kappa shape index (κ2) is 6.79. The van der Waals surface area contributed by atoms with Crippen molar-refractivity contribution < 1.29 is 0 Å². The Morgan fingerprint density at radius 2 is 1.91 bits per heavy atom. The lowest BCUT2D eigenvalue weighted by atomic mass is 10.2. The van der Waals surface area contributed by atoms with Gasteiger partial charge in [0.25, 0.3) is 0 Å². The summed E-state index contributed by atoms with van der Waals surface area (Å²) in [5.41, 5.74) is 3.29. The highest BCUT2D eigenvalue weighted by atomic mass is 15.1. The van der Waals surface area contributed by atoms with E-state index in [9.17, 15) is 0 Å². The molecule has 0 fully saturated rings. The van der Waals surface area contributed by atoms with E-state index >= 15 is 0 Å². The minimum absolute atomic E-state index is 0.429. The molecule has 0 aliphatic rings. The quantitative estimate of drug-likeness (QED) is 0.760. The summed E-state index contributed by atoms with van der Waals surface area (Å²) in [4.78, 5) is 11.2. The molecule has 3 aromatic rings. The topological polar surface area (TPSA) is 46.0 Å². The van der Waals surface area contributed by atoms with E-state index in [-0.39, 0.29) is 0 Å². The summed E-state index contributed by atoms with van der Waals surface area (Å²) in [6.07, 6.45) is 3.73. The maximum absolute atomic E-state index is 4.56. The molecule has 23 heavy (non-hydrogen) atoms. The lowest BCUT2D eigenvalue weighted by Crippen LogP contribution is -2.31. The van der Waals surface area contributed by atoms with E-state index in [1.807, 2.05) is 24.7 Å². The Labute approximate surface area is 137 Å². The number of nitrogens with one attached hydrogen (secondary N) is 1. The number of likely N-dealkylation sites (N-methyl/N-ethyl adjacent to an activating group) is 1. The lowest BCUT2D eigenvalue weighted by molar-refractivity contribution is 0.326. The van der Waals surface area contributed by atoms with E-state index in [1.54, 1.807) is 0 Å². The summed E-state index contributed by atoms with van der Waals surface area (Å²) >= 11 is 0. The molecule has 1 atom stereocenters. The van der Waals surface area contributed by atoms with Crippen molar-refractivity contribution in [1.82, 2.24) is 19.4 Å². The molecular weight excluding hydrogens is 286 g/mol. The van der Waals surface area contributed by atoms with Crippen LogP contribution in [0.5, 0.6) is 0 Å². The van der Waals surface area contributed by atoms with Crippen molar-refractivity contribution in [1.29, 1.82) is 0 Å². The molecule has 0 spiro atoms.